The number of hydrogen-bond donors (Lipinski definition) is 1. The molecular weight excluding hydrogens is 200 g/mol. The minimum absolute atomic E-state index is 0.204. The van der Waals surface area contributed by atoms with Gasteiger partial charge in [0.2, 0.25) is 0 Å². The van der Waals surface area contributed by atoms with Gasteiger partial charge in [-0.3, -0.25) is 4.90 Å². The van der Waals surface area contributed by atoms with Crippen molar-refractivity contribution in [2.75, 3.05) is 33.4 Å². The molecule has 1 aliphatic carbocycles. The summed E-state index contributed by atoms with van der Waals surface area (Å²) in [6.45, 7) is 8.78. The summed E-state index contributed by atoms with van der Waals surface area (Å²) < 4.78 is 5.26. The van der Waals surface area contributed by atoms with Gasteiger partial charge in [0.25, 0.3) is 0 Å². The first-order chi connectivity index (χ1) is 7.55. The minimum atomic E-state index is 0.204. The molecule has 0 aromatic rings. The summed E-state index contributed by atoms with van der Waals surface area (Å²) in [5.74, 6) is 0.707. The average Bonchev–Trinajstić information content (AvgIpc) is 2.86. The molecule has 3 nitrogen and oxygen atoms in total. The molecule has 2 aliphatic rings. The van der Waals surface area contributed by atoms with Gasteiger partial charge < -0.3 is 10.5 Å². The Bertz CT molecular complexity index is 252. The van der Waals surface area contributed by atoms with Crippen LogP contribution in [0.2, 0.25) is 0 Å². The first-order valence-electron chi connectivity index (χ1n) is 6.50. The van der Waals surface area contributed by atoms with E-state index >= 15 is 0 Å². The Kier molecular flexibility index (Phi) is 3.30. The van der Waals surface area contributed by atoms with E-state index in [9.17, 15) is 0 Å². The molecule has 1 heterocycles. The third-order valence-corrected chi connectivity index (χ3v) is 5.08. The van der Waals surface area contributed by atoms with Crippen molar-refractivity contribution in [3.63, 3.8) is 0 Å². The first-order valence-corrected chi connectivity index (χ1v) is 6.50. The zero-order chi connectivity index (χ0) is 11.8. The summed E-state index contributed by atoms with van der Waals surface area (Å²) >= 11 is 0. The van der Waals surface area contributed by atoms with Crippen molar-refractivity contribution in [1.82, 2.24) is 4.90 Å². The molecule has 2 atom stereocenters. The molecule has 2 N–H and O–H groups in total. The Labute approximate surface area is 99.3 Å². The Morgan fingerprint density at radius 2 is 2.19 bits per heavy atom. The van der Waals surface area contributed by atoms with Crippen molar-refractivity contribution in [3.05, 3.63) is 0 Å². The van der Waals surface area contributed by atoms with E-state index < -0.39 is 0 Å². The van der Waals surface area contributed by atoms with Crippen molar-refractivity contribution < 1.29 is 4.74 Å². The first kappa shape index (κ1) is 12.3. The molecule has 1 aliphatic heterocycles. The van der Waals surface area contributed by atoms with Crippen LogP contribution in [0.3, 0.4) is 0 Å². The molecule has 0 amide bonds. The fourth-order valence-corrected chi connectivity index (χ4v) is 3.14. The van der Waals surface area contributed by atoms with Crippen molar-refractivity contribution in [2.24, 2.45) is 17.1 Å². The molecule has 16 heavy (non-hydrogen) atoms. The fraction of sp³-hybridized carbons (Fsp3) is 1.00. The highest BCUT2D eigenvalue weighted by Gasteiger charge is 2.55. The van der Waals surface area contributed by atoms with Gasteiger partial charge in [-0.1, -0.05) is 6.92 Å². The normalized spacial score (nSPS) is 32.6. The van der Waals surface area contributed by atoms with E-state index in [4.69, 9.17) is 10.5 Å². The maximum atomic E-state index is 6.06. The van der Waals surface area contributed by atoms with Gasteiger partial charge in [0.05, 0.1) is 6.61 Å². The predicted molar refractivity (Wildman–Crippen MR) is 66.4 cm³/mol. The largest absolute Gasteiger partial charge is 0.384 e. The van der Waals surface area contributed by atoms with Gasteiger partial charge >= 0.3 is 0 Å². The lowest BCUT2D eigenvalue weighted by Crippen LogP contribution is -2.56. The highest BCUT2D eigenvalue weighted by atomic mass is 16.5. The lowest BCUT2D eigenvalue weighted by Gasteiger charge is -2.43. The minimum Gasteiger partial charge on any atom is -0.384 e. The number of likely N-dealkylation sites (tertiary alicyclic amines) is 1. The predicted octanol–water partition coefficient (Wildman–Crippen LogP) is 1.47. The van der Waals surface area contributed by atoms with Crippen LogP contribution in [0.15, 0.2) is 0 Å². The Balaban J connectivity index is 2.01. The summed E-state index contributed by atoms with van der Waals surface area (Å²) in [5.41, 5.74) is 6.73. The second-order valence-corrected chi connectivity index (χ2v) is 6.09. The quantitative estimate of drug-likeness (QED) is 0.771. The second kappa shape index (κ2) is 4.28. The molecule has 2 rings (SSSR count). The van der Waals surface area contributed by atoms with Crippen LogP contribution in [0.5, 0.6) is 0 Å². The van der Waals surface area contributed by atoms with Crippen LogP contribution in [-0.4, -0.2) is 43.8 Å². The van der Waals surface area contributed by atoms with E-state index in [1.165, 1.54) is 25.8 Å². The SMILES string of the molecule is COCC1CCN(C(C)(CN)C2(C)CC2)C1. The molecule has 0 bridgehead atoms. The lowest BCUT2D eigenvalue weighted by atomic mass is 9.82. The van der Waals surface area contributed by atoms with Crippen molar-refractivity contribution in [2.45, 2.75) is 38.6 Å². The number of methoxy groups -OCH3 is 1. The standard InChI is InChI=1S/C13H26N2O/c1-12(5-6-12)13(2,10-14)15-7-4-11(8-15)9-16-3/h11H,4-10,14H2,1-3H3. The van der Waals surface area contributed by atoms with Gasteiger partial charge in [-0.05, 0) is 44.1 Å². The molecule has 1 saturated heterocycles. The third kappa shape index (κ3) is 1.89. The zero-order valence-corrected chi connectivity index (χ0v) is 11.0. The van der Waals surface area contributed by atoms with Gasteiger partial charge in [-0.2, -0.15) is 0 Å². The smallest absolute Gasteiger partial charge is 0.0503 e. The summed E-state index contributed by atoms with van der Waals surface area (Å²) in [6.07, 6.45) is 3.94. The van der Waals surface area contributed by atoms with E-state index in [0.717, 1.165) is 19.7 Å². The van der Waals surface area contributed by atoms with Gasteiger partial charge in [0.15, 0.2) is 0 Å². The molecule has 0 aromatic heterocycles. The van der Waals surface area contributed by atoms with E-state index in [1.54, 1.807) is 7.11 Å². The fourth-order valence-electron chi connectivity index (χ4n) is 3.14. The van der Waals surface area contributed by atoms with E-state index in [1.807, 2.05) is 0 Å². The highest BCUT2D eigenvalue weighted by Crippen LogP contribution is 2.56. The van der Waals surface area contributed by atoms with Crippen LogP contribution in [0.1, 0.15) is 33.1 Å². The summed E-state index contributed by atoms with van der Waals surface area (Å²) in [6, 6.07) is 0. The molecule has 0 aromatic carbocycles. The van der Waals surface area contributed by atoms with E-state index in [2.05, 4.69) is 18.7 Å². The maximum Gasteiger partial charge on any atom is 0.0503 e. The number of nitrogens with zero attached hydrogens (tertiary/aromatic N) is 1. The zero-order valence-electron chi connectivity index (χ0n) is 11.0. The molecule has 3 heteroatoms. The monoisotopic (exact) mass is 226 g/mol. The molecule has 2 unspecified atom stereocenters. The molecule has 0 spiro atoms. The van der Waals surface area contributed by atoms with E-state index in [0.29, 0.717) is 11.3 Å². The van der Waals surface area contributed by atoms with Crippen LogP contribution in [0.4, 0.5) is 0 Å². The Morgan fingerprint density at radius 3 is 2.69 bits per heavy atom. The van der Waals surface area contributed by atoms with Crippen LogP contribution < -0.4 is 5.73 Å². The second-order valence-electron chi connectivity index (χ2n) is 6.09. The van der Waals surface area contributed by atoms with Gasteiger partial charge in [0.1, 0.15) is 0 Å². The van der Waals surface area contributed by atoms with Gasteiger partial charge in [-0.15, -0.1) is 0 Å². The lowest BCUT2D eigenvalue weighted by molar-refractivity contribution is 0.0607. The van der Waals surface area contributed by atoms with E-state index in [-0.39, 0.29) is 5.54 Å². The third-order valence-electron chi connectivity index (χ3n) is 5.08. The molecule has 1 saturated carbocycles. The number of rotatable bonds is 5. The molecule has 0 radical (unpaired) electrons. The van der Waals surface area contributed by atoms with Crippen molar-refractivity contribution >= 4 is 0 Å². The summed E-state index contributed by atoms with van der Waals surface area (Å²) in [5, 5.41) is 0. The Morgan fingerprint density at radius 1 is 1.50 bits per heavy atom. The average molecular weight is 226 g/mol. The van der Waals surface area contributed by atoms with Crippen LogP contribution >= 0.6 is 0 Å². The topological polar surface area (TPSA) is 38.5 Å². The summed E-state index contributed by atoms with van der Waals surface area (Å²) in [7, 11) is 1.80. The molecule has 94 valence electrons. The molecular formula is C13H26N2O. The van der Waals surface area contributed by atoms with Crippen LogP contribution in [0, 0.1) is 11.3 Å². The number of ether oxygens (including phenoxy) is 1. The number of nitrogens with two attached hydrogens (primary N) is 1. The Hall–Kier alpha value is -0.120. The molecule has 2 fully saturated rings. The van der Waals surface area contributed by atoms with Gasteiger partial charge in [-0.25, -0.2) is 0 Å². The van der Waals surface area contributed by atoms with Crippen LogP contribution in [0.25, 0.3) is 0 Å². The van der Waals surface area contributed by atoms with Crippen molar-refractivity contribution in [1.29, 1.82) is 0 Å². The summed E-state index contributed by atoms with van der Waals surface area (Å²) in [4.78, 5) is 2.61. The van der Waals surface area contributed by atoms with Crippen LogP contribution in [-0.2, 0) is 4.74 Å². The maximum absolute atomic E-state index is 6.06. The highest BCUT2D eigenvalue weighted by molar-refractivity contribution is 5.10. The van der Waals surface area contributed by atoms with Crippen molar-refractivity contribution in [3.8, 4) is 0 Å². The number of hydrogen-bond acceptors (Lipinski definition) is 3. The van der Waals surface area contributed by atoms with Gasteiger partial charge in [0, 0.05) is 25.7 Å².